The number of hydrogen-bond donors (Lipinski definition) is 8. The molecule has 14 nitrogen and oxygen atoms in total. The lowest BCUT2D eigenvalue weighted by Gasteiger charge is -2.24. The number of nitrogens with one attached hydrogen (secondary N) is 5. The summed E-state index contributed by atoms with van der Waals surface area (Å²) in [6.45, 7) is 1.42. The molecule has 0 saturated carbocycles. The van der Waals surface area contributed by atoms with Crippen molar-refractivity contribution in [2.75, 3.05) is 0 Å². The van der Waals surface area contributed by atoms with Crippen LogP contribution in [0.1, 0.15) is 31.0 Å². The second kappa shape index (κ2) is 13.2. The van der Waals surface area contributed by atoms with Gasteiger partial charge in [-0.3, -0.25) is 19.2 Å². The number of nitrogens with two attached hydrogens (primary N) is 2. The van der Waals surface area contributed by atoms with E-state index in [0.717, 1.165) is 10.9 Å². The normalized spacial score (nSPS) is 14.1. The van der Waals surface area contributed by atoms with Crippen LogP contribution in [0.15, 0.2) is 43.0 Å². The summed E-state index contributed by atoms with van der Waals surface area (Å²) in [6.07, 6.45) is 4.12. The fraction of sp³-hybridized carbons (Fsp3) is 0.360. The van der Waals surface area contributed by atoms with Crippen molar-refractivity contribution in [3.05, 3.63) is 54.2 Å². The molecule has 0 aliphatic carbocycles. The zero-order valence-corrected chi connectivity index (χ0v) is 21.3. The number of benzene rings is 1. The number of imidazole rings is 1. The van der Waals surface area contributed by atoms with E-state index >= 15 is 0 Å². The lowest BCUT2D eigenvalue weighted by molar-refractivity contribution is -0.142. The Morgan fingerprint density at radius 1 is 0.949 bits per heavy atom. The highest BCUT2D eigenvalue weighted by Crippen LogP contribution is 2.19. The Hall–Kier alpha value is -4.72. The zero-order chi connectivity index (χ0) is 28.5. The third-order valence-electron chi connectivity index (χ3n) is 6.05. The van der Waals surface area contributed by atoms with Crippen LogP contribution < -0.4 is 27.4 Å². The van der Waals surface area contributed by atoms with Gasteiger partial charge in [0, 0.05) is 48.3 Å². The van der Waals surface area contributed by atoms with E-state index in [0.29, 0.717) is 11.3 Å². The van der Waals surface area contributed by atoms with Crippen LogP contribution in [0.2, 0.25) is 0 Å². The zero-order valence-electron chi connectivity index (χ0n) is 21.3. The molecule has 4 atom stereocenters. The Labute approximate surface area is 223 Å². The fourth-order valence-corrected chi connectivity index (χ4v) is 3.95. The highest BCUT2D eigenvalue weighted by Gasteiger charge is 2.31. The maximum Gasteiger partial charge on any atom is 0.326 e. The Morgan fingerprint density at radius 3 is 2.26 bits per heavy atom. The Morgan fingerprint density at radius 2 is 1.62 bits per heavy atom. The SMILES string of the molecule is CC(N)C(=O)NC(CCC(N)=O)C(=O)NC(Cc1cnc[nH]1)C(=O)NC(Cc1c[nH]c2ccccc12)C(=O)O. The minimum atomic E-state index is -1.30. The van der Waals surface area contributed by atoms with Crippen molar-refractivity contribution in [2.24, 2.45) is 11.5 Å². The Balaban J connectivity index is 1.79. The van der Waals surface area contributed by atoms with E-state index in [2.05, 4.69) is 30.9 Å². The summed E-state index contributed by atoms with van der Waals surface area (Å²) in [4.78, 5) is 71.8. The van der Waals surface area contributed by atoms with E-state index in [9.17, 15) is 29.1 Å². The Kier molecular flexibility index (Phi) is 9.75. The molecule has 4 amide bonds. The molecule has 0 aliphatic rings. The van der Waals surface area contributed by atoms with Crippen molar-refractivity contribution in [3.8, 4) is 0 Å². The molecule has 39 heavy (non-hydrogen) atoms. The topological polar surface area (TPSA) is 238 Å². The standard InChI is InChI=1S/C25H32N8O6/c1-13(26)22(35)31-18(6-7-21(27)34)23(36)32-19(9-15-11-28-12-30-15)24(37)33-20(25(38)39)8-14-10-29-17-5-3-2-4-16(14)17/h2-5,10-13,18-20,29H,6-9,26H2,1H3,(H2,27,34)(H,28,30)(H,31,35)(H,32,36)(H,33,37)(H,38,39). The molecule has 10 N–H and O–H groups in total. The number of hydrogen-bond acceptors (Lipinski definition) is 7. The molecule has 0 fully saturated rings. The van der Waals surface area contributed by atoms with Gasteiger partial charge in [0.25, 0.3) is 0 Å². The number of para-hydroxylation sites is 1. The first kappa shape index (κ1) is 28.8. The largest absolute Gasteiger partial charge is 0.480 e. The van der Waals surface area contributed by atoms with E-state index < -0.39 is 53.8 Å². The minimum Gasteiger partial charge on any atom is -0.480 e. The maximum atomic E-state index is 13.3. The summed E-state index contributed by atoms with van der Waals surface area (Å²) in [5.74, 6) is -4.12. The van der Waals surface area contributed by atoms with Gasteiger partial charge in [0.2, 0.25) is 23.6 Å². The highest BCUT2D eigenvalue weighted by molar-refractivity contribution is 5.94. The molecule has 14 heteroatoms. The summed E-state index contributed by atoms with van der Waals surface area (Å²) in [7, 11) is 0. The van der Waals surface area contributed by atoms with Gasteiger partial charge in [-0.25, -0.2) is 9.78 Å². The van der Waals surface area contributed by atoms with Gasteiger partial charge >= 0.3 is 5.97 Å². The van der Waals surface area contributed by atoms with E-state index in [-0.39, 0.29) is 25.7 Å². The average molecular weight is 541 g/mol. The number of carbonyl (C=O) groups excluding carboxylic acids is 4. The maximum absolute atomic E-state index is 13.3. The molecule has 208 valence electrons. The van der Waals surface area contributed by atoms with Crippen LogP contribution in [0.25, 0.3) is 10.9 Å². The molecule has 0 saturated heterocycles. The smallest absolute Gasteiger partial charge is 0.326 e. The number of carboxylic acids is 1. The van der Waals surface area contributed by atoms with E-state index in [1.54, 1.807) is 6.20 Å². The first-order valence-electron chi connectivity index (χ1n) is 12.2. The van der Waals surface area contributed by atoms with Crippen molar-refractivity contribution < 1.29 is 29.1 Å². The first-order chi connectivity index (χ1) is 18.5. The molecule has 3 rings (SSSR count). The van der Waals surface area contributed by atoms with Crippen LogP contribution in [0.3, 0.4) is 0 Å². The molecule has 4 unspecified atom stereocenters. The van der Waals surface area contributed by atoms with Crippen molar-refractivity contribution in [2.45, 2.75) is 56.8 Å². The van der Waals surface area contributed by atoms with Gasteiger partial charge < -0.3 is 42.5 Å². The summed E-state index contributed by atoms with van der Waals surface area (Å²) in [5.41, 5.74) is 12.8. The number of primary amides is 1. The van der Waals surface area contributed by atoms with Crippen LogP contribution >= 0.6 is 0 Å². The summed E-state index contributed by atoms with van der Waals surface area (Å²) >= 11 is 0. The third-order valence-corrected chi connectivity index (χ3v) is 6.05. The number of fused-ring (bicyclic) bond motifs is 1. The number of nitrogens with zero attached hydrogens (tertiary/aromatic N) is 1. The number of rotatable bonds is 14. The van der Waals surface area contributed by atoms with Crippen molar-refractivity contribution in [1.82, 2.24) is 30.9 Å². The minimum absolute atomic E-state index is 0.0124. The number of carbonyl (C=O) groups is 5. The van der Waals surface area contributed by atoms with Gasteiger partial charge in [0.1, 0.15) is 18.1 Å². The molecular weight excluding hydrogens is 508 g/mol. The molecular formula is C25H32N8O6. The number of amides is 4. The first-order valence-corrected chi connectivity index (χ1v) is 12.2. The number of H-pyrrole nitrogens is 2. The number of aromatic amines is 2. The van der Waals surface area contributed by atoms with Crippen molar-refractivity contribution in [1.29, 1.82) is 0 Å². The monoisotopic (exact) mass is 540 g/mol. The van der Waals surface area contributed by atoms with Crippen molar-refractivity contribution >= 4 is 40.5 Å². The van der Waals surface area contributed by atoms with Crippen LogP contribution in [-0.4, -0.2) is 73.8 Å². The molecule has 2 heterocycles. The predicted octanol–water partition coefficient (Wildman–Crippen LogP) is -1.17. The molecule has 1 aromatic carbocycles. The fourth-order valence-electron chi connectivity index (χ4n) is 3.95. The van der Waals surface area contributed by atoms with Gasteiger partial charge in [0.05, 0.1) is 12.4 Å². The molecule has 0 aliphatic heterocycles. The highest BCUT2D eigenvalue weighted by atomic mass is 16.4. The van der Waals surface area contributed by atoms with Crippen LogP contribution in [0, 0.1) is 0 Å². The van der Waals surface area contributed by atoms with Gasteiger partial charge in [-0.2, -0.15) is 0 Å². The lowest BCUT2D eigenvalue weighted by atomic mass is 10.0. The molecule has 0 radical (unpaired) electrons. The van der Waals surface area contributed by atoms with Gasteiger partial charge in [-0.15, -0.1) is 0 Å². The number of aliphatic carboxylic acids is 1. The van der Waals surface area contributed by atoms with Crippen LogP contribution in [0.5, 0.6) is 0 Å². The van der Waals surface area contributed by atoms with E-state index in [4.69, 9.17) is 11.5 Å². The molecule has 0 spiro atoms. The quantitative estimate of drug-likeness (QED) is 0.124. The Bertz CT molecular complexity index is 1320. The van der Waals surface area contributed by atoms with E-state index in [1.165, 1.54) is 19.4 Å². The van der Waals surface area contributed by atoms with Gasteiger partial charge in [-0.05, 0) is 25.0 Å². The third kappa shape index (κ3) is 8.13. The molecule has 3 aromatic rings. The summed E-state index contributed by atoms with van der Waals surface area (Å²) in [6, 6.07) is 2.66. The summed E-state index contributed by atoms with van der Waals surface area (Å²) < 4.78 is 0. The predicted molar refractivity (Wildman–Crippen MR) is 140 cm³/mol. The van der Waals surface area contributed by atoms with Gasteiger partial charge in [0.15, 0.2) is 0 Å². The van der Waals surface area contributed by atoms with Crippen LogP contribution in [0.4, 0.5) is 0 Å². The van der Waals surface area contributed by atoms with Gasteiger partial charge in [-0.1, -0.05) is 18.2 Å². The lowest BCUT2D eigenvalue weighted by Crippen LogP contribution is -2.57. The number of aromatic nitrogens is 3. The second-order valence-electron chi connectivity index (χ2n) is 9.16. The van der Waals surface area contributed by atoms with E-state index in [1.807, 2.05) is 24.3 Å². The average Bonchev–Trinajstić information content (AvgIpc) is 3.55. The number of carboxylic acid groups (broad SMARTS) is 1. The molecule has 2 aromatic heterocycles. The van der Waals surface area contributed by atoms with Crippen LogP contribution in [-0.2, 0) is 36.8 Å². The van der Waals surface area contributed by atoms with Crippen molar-refractivity contribution in [3.63, 3.8) is 0 Å². The summed E-state index contributed by atoms with van der Waals surface area (Å²) in [5, 5.41) is 18.2. The second-order valence-corrected chi connectivity index (χ2v) is 9.16. The molecule has 0 bridgehead atoms.